The van der Waals surface area contributed by atoms with Crippen molar-refractivity contribution in [2.24, 2.45) is 0 Å². The highest BCUT2D eigenvalue weighted by atomic mass is 35.5. The Kier molecular flexibility index (Phi) is 7.58. The zero-order valence-electron chi connectivity index (χ0n) is 20.5. The highest BCUT2D eigenvalue weighted by Crippen LogP contribution is 2.49. The van der Waals surface area contributed by atoms with Gasteiger partial charge in [0.1, 0.15) is 10.9 Å². The Morgan fingerprint density at radius 2 is 1.63 bits per heavy atom. The molecule has 0 aliphatic carbocycles. The van der Waals surface area contributed by atoms with Gasteiger partial charge in [-0.1, -0.05) is 59.5 Å². The number of ether oxygens (including phenoxy) is 3. The Labute approximate surface area is 238 Å². The maximum Gasteiger partial charge on any atom is 0.266 e. The fraction of sp³-hybridized carbons (Fsp3) is 0.148. The van der Waals surface area contributed by atoms with Crippen molar-refractivity contribution in [1.29, 1.82) is 0 Å². The molecule has 2 heterocycles. The average molecular weight is 585 g/mol. The van der Waals surface area contributed by atoms with Crippen LogP contribution in [0.4, 0.5) is 11.4 Å². The summed E-state index contributed by atoms with van der Waals surface area (Å²) in [5, 5.41) is 0.514. The fourth-order valence-electron chi connectivity index (χ4n) is 4.18. The summed E-state index contributed by atoms with van der Waals surface area (Å²) in [5.74, 6) is 0.718. The van der Waals surface area contributed by atoms with E-state index in [0.717, 1.165) is 27.2 Å². The number of hydrogen-bond donors (Lipinski definition) is 0. The van der Waals surface area contributed by atoms with Crippen LogP contribution in [-0.2, 0) is 9.59 Å². The van der Waals surface area contributed by atoms with Gasteiger partial charge in [0.2, 0.25) is 5.75 Å². The number of benzene rings is 3. The van der Waals surface area contributed by atoms with Crippen molar-refractivity contribution < 1.29 is 23.8 Å². The van der Waals surface area contributed by atoms with Crippen molar-refractivity contribution in [3.63, 3.8) is 0 Å². The number of thioether (sulfide) groups is 1. The summed E-state index contributed by atoms with van der Waals surface area (Å²) in [6.07, 6.45) is 1.69. The number of thiocarbonyl (C=S) groups is 1. The molecular formula is C27H21ClN2O5S3. The third-order valence-electron chi connectivity index (χ3n) is 5.89. The van der Waals surface area contributed by atoms with Gasteiger partial charge in [-0.15, -0.1) is 0 Å². The molecule has 0 unspecified atom stereocenters. The number of rotatable bonds is 6. The van der Waals surface area contributed by atoms with Gasteiger partial charge in [0, 0.05) is 14.8 Å². The molecule has 2 aliphatic rings. The summed E-state index contributed by atoms with van der Waals surface area (Å²) in [4.78, 5) is 32.3. The average Bonchev–Trinajstić information content (AvgIpc) is 3.18. The number of fused-ring (bicyclic) bond motifs is 2. The lowest BCUT2D eigenvalue weighted by atomic mass is 10.1. The zero-order valence-corrected chi connectivity index (χ0v) is 23.7. The minimum atomic E-state index is -0.354. The number of carbonyl (C=O) groups excluding carboxylic acids is 2. The van der Waals surface area contributed by atoms with E-state index in [1.807, 2.05) is 30.3 Å². The van der Waals surface area contributed by atoms with Crippen LogP contribution in [0.25, 0.3) is 6.08 Å². The third-order valence-corrected chi connectivity index (χ3v) is 8.63. The molecule has 2 amide bonds. The Morgan fingerprint density at radius 1 is 0.947 bits per heavy atom. The standard InChI is InChI=1S/C27H21ClN2O5S3/c1-33-19-10-15(11-20(34-2)25(19)35-3)12-23-26(32)29(27(36)38-23)14-24(31)30-17-6-4-5-7-21(17)37-22-9-8-16(28)13-18(22)30/h4-13H,14H2,1-3H3. The number of hydrogen-bond acceptors (Lipinski definition) is 8. The molecule has 0 bridgehead atoms. The normalized spacial score (nSPS) is 15.4. The van der Waals surface area contributed by atoms with Gasteiger partial charge in [-0.2, -0.15) is 0 Å². The van der Waals surface area contributed by atoms with E-state index in [1.54, 1.807) is 47.0 Å². The van der Waals surface area contributed by atoms with Crippen LogP contribution >= 0.6 is 47.3 Å². The van der Waals surface area contributed by atoms with E-state index in [4.69, 9.17) is 38.0 Å². The Bertz CT molecular complexity index is 1480. The molecule has 38 heavy (non-hydrogen) atoms. The molecule has 5 rings (SSSR count). The van der Waals surface area contributed by atoms with Crippen LogP contribution in [-0.4, -0.2) is 48.9 Å². The summed E-state index contributed by atoms with van der Waals surface area (Å²) in [7, 11) is 4.57. The fourth-order valence-corrected chi connectivity index (χ4v) is 6.63. The third kappa shape index (κ3) is 4.84. The lowest BCUT2D eigenvalue weighted by Crippen LogP contribution is -2.41. The molecule has 1 saturated heterocycles. The van der Waals surface area contributed by atoms with E-state index in [1.165, 1.54) is 26.2 Å². The van der Waals surface area contributed by atoms with Crippen molar-refractivity contribution in [2.45, 2.75) is 9.79 Å². The van der Waals surface area contributed by atoms with Gasteiger partial charge >= 0.3 is 0 Å². The molecule has 2 aliphatic heterocycles. The molecule has 7 nitrogen and oxygen atoms in total. The van der Waals surface area contributed by atoms with Crippen molar-refractivity contribution in [1.82, 2.24) is 4.90 Å². The van der Waals surface area contributed by atoms with Gasteiger partial charge in [0.15, 0.2) is 11.5 Å². The molecule has 0 spiro atoms. The van der Waals surface area contributed by atoms with E-state index in [2.05, 4.69) is 0 Å². The smallest absolute Gasteiger partial charge is 0.266 e. The number of methoxy groups -OCH3 is 3. The number of anilines is 2. The van der Waals surface area contributed by atoms with Crippen LogP contribution < -0.4 is 19.1 Å². The first-order valence-corrected chi connectivity index (χ1v) is 13.7. The molecule has 194 valence electrons. The summed E-state index contributed by atoms with van der Waals surface area (Å²) in [5.41, 5.74) is 2.07. The van der Waals surface area contributed by atoms with Gasteiger partial charge in [-0.05, 0) is 54.1 Å². The number of para-hydroxylation sites is 1. The molecule has 3 aromatic rings. The van der Waals surface area contributed by atoms with E-state index < -0.39 is 0 Å². The topological polar surface area (TPSA) is 68.3 Å². The van der Waals surface area contributed by atoms with Crippen molar-refractivity contribution in [3.05, 3.63) is 70.1 Å². The predicted octanol–water partition coefficient (Wildman–Crippen LogP) is 6.40. The Morgan fingerprint density at radius 3 is 2.32 bits per heavy atom. The highest BCUT2D eigenvalue weighted by Gasteiger charge is 2.36. The quantitative estimate of drug-likeness (QED) is 0.244. The second-order valence-corrected chi connectivity index (χ2v) is 11.3. The molecule has 0 N–H and O–H groups in total. The predicted molar refractivity (Wildman–Crippen MR) is 155 cm³/mol. The number of amides is 2. The summed E-state index contributed by atoms with van der Waals surface area (Å²) in [6, 6.07) is 16.5. The maximum absolute atomic E-state index is 13.7. The minimum absolute atomic E-state index is 0.220. The van der Waals surface area contributed by atoms with Gasteiger partial charge in [0.25, 0.3) is 11.8 Å². The Balaban J connectivity index is 1.44. The van der Waals surface area contributed by atoms with Crippen molar-refractivity contribution in [3.8, 4) is 17.2 Å². The number of halogens is 1. The lowest BCUT2D eigenvalue weighted by Gasteiger charge is -2.32. The van der Waals surface area contributed by atoms with Crippen LogP contribution in [0.1, 0.15) is 5.56 Å². The van der Waals surface area contributed by atoms with Crippen LogP contribution in [0.2, 0.25) is 5.02 Å². The lowest BCUT2D eigenvalue weighted by molar-refractivity contribution is -0.127. The van der Waals surface area contributed by atoms with E-state index in [0.29, 0.717) is 42.7 Å². The minimum Gasteiger partial charge on any atom is -0.493 e. The van der Waals surface area contributed by atoms with Gasteiger partial charge in [0.05, 0.1) is 37.6 Å². The second kappa shape index (κ2) is 10.9. The first-order valence-electron chi connectivity index (χ1n) is 11.3. The van der Waals surface area contributed by atoms with Crippen LogP contribution in [0.5, 0.6) is 17.2 Å². The molecule has 0 atom stereocenters. The van der Waals surface area contributed by atoms with Crippen molar-refractivity contribution in [2.75, 3.05) is 32.8 Å². The first kappa shape index (κ1) is 26.4. The van der Waals surface area contributed by atoms with Gasteiger partial charge in [-0.25, -0.2) is 0 Å². The molecule has 0 aromatic heterocycles. The Hall–Kier alpha value is -3.18. The van der Waals surface area contributed by atoms with Crippen LogP contribution in [0.15, 0.2) is 69.3 Å². The first-order chi connectivity index (χ1) is 18.3. The molecule has 0 saturated carbocycles. The molecule has 3 aromatic carbocycles. The number of nitrogens with zero attached hydrogens (tertiary/aromatic N) is 2. The largest absolute Gasteiger partial charge is 0.493 e. The van der Waals surface area contributed by atoms with Crippen LogP contribution in [0.3, 0.4) is 0 Å². The molecule has 1 fully saturated rings. The summed E-state index contributed by atoms with van der Waals surface area (Å²) >= 11 is 14.5. The van der Waals surface area contributed by atoms with Gasteiger partial charge in [-0.3, -0.25) is 19.4 Å². The highest BCUT2D eigenvalue weighted by molar-refractivity contribution is 8.26. The monoisotopic (exact) mass is 584 g/mol. The zero-order chi connectivity index (χ0) is 27.0. The SMILES string of the molecule is COc1cc(C=C2SC(=S)N(CC(=O)N3c4ccccc4Sc4ccc(Cl)cc43)C2=O)cc(OC)c1OC. The van der Waals surface area contributed by atoms with E-state index in [9.17, 15) is 9.59 Å². The van der Waals surface area contributed by atoms with E-state index >= 15 is 0 Å². The molecule has 11 heteroatoms. The molecule has 0 radical (unpaired) electrons. The summed E-state index contributed by atoms with van der Waals surface area (Å²) < 4.78 is 16.5. The van der Waals surface area contributed by atoms with E-state index in [-0.39, 0.29) is 18.4 Å². The number of carbonyl (C=O) groups is 2. The van der Waals surface area contributed by atoms with Crippen LogP contribution in [0, 0.1) is 0 Å². The summed E-state index contributed by atoms with van der Waals surface area (Å²) in [6.45, 7) is -0.220. The maximum atomic E-state index is 13.7. The molecular weight excluding hydrogens is 564 g/mol. The second-order valence-electron chi connectivity index (χ2n) is 8.14. The van der Waals surface area contributed by atoms with Gasteiger partial charge < -0.3 is 14.2 Å². The van der Waals surface area contributed by atoms with Crippen molar-refractivity contribution >= 4 is 80.9 Å².